The second-order valence-electron chi connectivity index (χ2n) is 3.00. The summed E-state index contributed by atoms with van der Waals surface area (Å²) in [5.41, 5.74) is 2.40. The lowest BCUT2D eigenvalue weighted by molar-refractivity contribution is 0.318. The maximum Gasteiger partial charge on any atom is 0.137 e. The molecule has 2 heterocycles. The Morgan fingerprint density at radius 3 is 3.21 bits per heavy atom. The normalized spacial score (nSPS) is 12.2. The van der Waals surface area contributed by atoms with Crippen molar-refractivity contribution in [1.29, 1.82) is 0 Å². The lowest BCUT2D eigenvalue weighted by atomic mass is 10.1. The van der Waals surface area contributed by atoms with Crippen molar-refractivity contribution in [2.75, 3.05) is 0 Å². The van der Waals surface area contributed by atoms with E-state index < -0.39 is 0 Å². The van der Waals surface area contributed by atoms with Crippen molar-refractivity contribution in [3.63, 3.8) is 0 Å². The molecule has 0 saturated heterocycles. The molecule has 0 unspecified atom stereocenters. The van der Waals surface area contributed by atoms with E-state index in [0.717, 1.165) is 16.6 Å². The van der Waals surface area contributed by atoms with Gasteiger partial charge in [0.2, 0.25) is 0 Å². The van der Waals surface area contributed by atoms with Crippen LogP contribution in [-0.2, 0) is 0 Å². The predicted octanol–water partition coefficient (Wildman–Crippen LogP) is 2.15. The highest BCUT2D eigenvalue weighted by Gasteiger charge is 2.08. The summed E-state index contributed by atoms with van der Waals surface area (Å²) in [5, 5.41) is 13.1. The molecule has 0 aromatic carbocycles. The van der Waals surface area contributed by atoms with E-state index in [1.54, 1.807) is 6.20 Å². The van der Waals surface area contributed by atoms with Gasteiger partial charge in [0.25, 0.3) is 0 Å². The molecule has 14 heavy (non-hydrogen) atoms. The molecule has 4 heteroatoms. The van der Waals surface area contributed by atoms with E-state index in [0.29, 0.717) is 12.1 Å². The number of aromatic nitrogens is 2. The molecule has 0 atom stereocenters. The van der Waals surface area contributed by atoms with Gasteiger partial charge in [0, 0.05) is 23.3 Å². The van der Waals surface area contributed by atoms with Crippen LogP contribution in [0.3, 0.4) is 0 Å². The van der Waals surface area contributed by atoms with E-state index in [1.165, 1.54) is 0 Å². The quantitative estimate of drug-likeness (QED) is 0.432. The highest BCUT2D eigenvalue weighted by molar-refractivity contribution is 6.09. The maximum atomic E-state index is 8.81. The highest BCUT2D eigenvalue weighted by Crippen LogP contribution is 2.17. The van der Waals surface area contributed by atoms with E-state index in [-0.39, 0.29) is 0 Å². The summed E-state index contributed by atoms with van der Waals surface area (Å²) >= 11 is 0. The van der Waals surface area contributed by atoms with Gasteiger partial charge in [-0.1, -0.05) is 12.1 Å². The smallest absolute Gasteiger partial charge is 0.137 e. The van der Waals surface area contributed by atoms with Crippen LogP contribution < -0.4 is 0 Å². The molecule has 0 amide bonds. The first-order valence-electron chi connectivity index (χ1n) is 4.50. The molecule has 0 aliphatic heterocycles. The molecule has 0 saturated carbocycles. The zero-order chi connectivity index (χ0) is 9.97. The summed E-state index contributed by atoms with van der Waals surface area (Å²) in [5.74, 6) is 0. The summed E-state index contributed by atoms with van der Waals surface area (Å²) in [6.45, 7) is 1.95. The minimum absolute atomic E-state index is 0.671. The van der Waals surface area contributed by atoms with E-state index >= 15 is 0 Å². The van der Waals surface area contributed by atoms with Gasteiger partial charge in [-0.2, -0.15) is 0 Å². The summed E-state index contributed by atoms with van der Waals surface area (Å²) < 4.78 is 0. The van der Waals surface area contributed by atoms with Gasteiger partial charge in [-0.25, -0.2) is 4.98 Å². The number of fused-ring (bicyclic) bond motifs is 1. The molecule has 0 aliphatic carbocycles. The van der Waals surface area contributed by atoms with Crippen molar-refractivity contribution < 1.29 is 5.21 Å². The average Bonchev–Trinajstić information content (AvgIpc) is 2.65. The van der Waals surface area contributed by atoms with Gasteiger partial charge in [-0.3, -0.25) is 0 Å². The fourth-order valence-corrected chi connectivity index (χ4v) is 1.51. The van der Waals surface area contributed by atoms with Crippen LogP contribution in [-0.4, -0.2) is 20.9 Å². The van der Waals surface area contributed by atoms with Crippen LogP contribution in [0.25, 0.3) is 11.0 Å². The first-order chi connectivity index (χ1) is 6.86. The predicted molar refractivity (Wildman–Crippen MR) is 54.7 cm³/mol. The van der Waals surface area contributed by atoms with Crippen LogP contribution in [0.4, 0.5) is 0 Å². The van der Waals surface area contributed by atoms with E-state index in [2.05, 4.69) is 15.1 Å². The van der Waals surface area contributed by atoms with Crippen molar-refractivity contribution in [1.82, 2.24) is 9.97 Å². The largest absolute Gasteiger partial charge is 0.411 e. The first kappa shape index (κ1) is 8.74. The van der Waals surface area contributed by atoms with Crippen molar-refractivity contribution in [2.24, 2.45) is 5.16 Å². The van der Waals surface area contributed by atoms with Gasteiger partial charge in [0.05, 0.1) is 5.71 Å². The standard InChI is InChI=1S/C10H11N3O/c1-2-9(13-14)8-6-12-10-7(8)4-3-5-11-10/h3-6,14H,2H2,1H3,(H,11,12)/b13-9-. The maximum absolute atomic E-state index is 8.81. The fourth-order valence-electron chi connectivity index (χ4n) is 1.51. The van der Waals surface area contributed by atoms with Crippen molar-refractivity contribution in [3.8, 4) is 0 Å². The Morgan fingerprint density at radius 2 is 2.50 bits per heavy atom. The number of hydrogen-bond donors (Lipinski definition) is 2. The Morgan fingerprint density at radius 1 is 1.64 bits per heavy atom. The number of rotatable bonds is 2. The molecule has 0 spiro atoms. The van der Waals surface area contributed by atoms with E-state index in [9.17, 15) is 0 Å². The Balaban J connectivity index is 2.63. The topological polar surface area (TPSA) is 61.3 Å². The van der Waals surface area contributed by atoms with Crippen LogP contribution in [0, 0.1) is 0 Å². The molecule has 0 fully saturated rings. The number of nitrogens with one attached hydrogen (secondary N) is 1. The number of hydrogen-bond acceptors (Lipinski definition) is 3. The third-order valence-electron chi connectivity index (χ3n) is 2.22. The fraction of sp³-hybridized carbons (Fsp3) is 0.200. The third-order valence-corrected chi connectivity index (χ3v) is 2.22. The minimum Gasteiger partial charge on any atom is -0.411 e. The monoisotopic (exact) mass is 189 g/mol. The number of H-pyrrole nitrogens is 1. The van der Waals surface area contributed by atoms with Crippen molar-refractivity contribution in [3.05, 3.63) is 30.1 Å². The molecular weight excluding hydrogens is 178 g/mol. The minimum atomic E-state index is 0.671. The number of aromatic amines is 1. The molecule has 2 aromatic heterocycles. The van der Waals surface area contributed by atoms with E-state index in [4.69, 9.17) is 5.21 Å². The Kier molecular flexibility index (Phi) is 2.18. The Bertz CT molecular complexity index is 473. The lowest BCUT2D eigenvalue weighted by Gasteiger charge is -1.97. The van der Waals surface area contributed by atoms with Gasteiger partial charge < -0.3 is 10.2 Å². The molecule has 0 bridgehead atoms. The summed E-state index contributed by atoms with van der Waals surface area (Å²) in [6, 6.07) is 3.82. The molecule has 2 N–H and O–H groups in total. The molecular formula is C10H11N3O. The summed E-state index contributed by atoms with van der Waals surface area (Å²) in [6.07, 6.45) is 4.24. The van der Waals surface area contributed by atoms with Gasteiger partial charge in [-0.05, 0) is 18.6 Å². The lowest BCUT2D eigenvalue weighted by Crippen LogP contribution is -1.97. The Labute approximate surface area is 81.3 Å². The van der Waals surface area contributed by atoms with Crippen LogP contribution >= 0.6 is 0 Å². The first-order valence-corrected chi connectivity index (χ1v) is 4.50. The molecule has 2 aromatic rings. The van der Waals surface area contributed by atoms with Crippen LogP contribution in [0.15, 0.2) is 29.7 Å². The van der Waals surface area contributed by atoms with Gasteiger partial charge >= 0.3 is 0 Å². The average molecular weight is 189 g/mol. The second kappa shape index (κ2) is 3.49. The number of oxime groups is 1. The van der Waals surface area contributed by atoms with E-state index in [1.807, 2.05) is 25.3 Å². The Hall–Kier alpha value is -1.84. The summed E-state index contributed by atoms with van der Waals surface area (Å²) in [7, 11) is 0. The third kappa shape index (κ3) is 1.25. The summed E-state index contributed by atoms with van der Waals surface area (Å²) in [4.78, 5) is 7.19. The molecule has 0 aliphatic rings. The number of nitrogens with zero attached hydrogens (tertiary/aromatic N) is 2. The van der Waals surface area contributed by atoms with Gasteiger partial charge in [0.15, 0.2) is 0 Å². The van der Waals surface area contributed by atoms with Crippen LogP contribution in [0.1, 0.15) is 18.9 Å². The van der Waals surface area contributed by atoms with Crippen LogP contribution in [0.2, 0.25) is 0 Å². The SMILES string of the molecule is CC/C(=N/O)c1c[nH]c2ncccc12. The van der Waals surface area contributed by atoms with Crippen molar-refractivity contribution in [2.45, 2.75) is 13.3 Å². The zero-order valence-corrected chi connectivity index (χ0v) is 7.86. The van der Waals surface area contributed by atoms with Gasteiger partial charge in [0.1, 0.15) is 5.65 Å². The molecule has 2 rings (SSSR count). The molecule has 4 nitrogen and oxygen atoms in total. The van der Waals surface area contributed by atoms with Crippen LogP contribution in [0.5, 0.6) is 0 Å². The van der Waals surface area contributed by atoms with Gasteiger partial charge in [-0.15, -0.1) is 0 Å². The molecule has 0 radical (unpaired) electrons. The number of pyridine rings is 1. The second-order valence-corrected chi connectivity index (χ2v) is 3.00. The molecule has 72 valence electrons. The van der Waals surface area contributed by atoms with Crippen molar-refractivity contribution >= 4 is 16.7 Å². The zero-order valence-electron chi connectivity index (χ0n) is 7.86. The highest BCUT2D eigenvalue weighted by atomic mass is 16.4.